The summed E-state index contributed by atoms with van der Waals surface area (Å²) in [6.07, 6.45) is 0. The highest BCUT2D eigenvalue weighted by Gasteiger charge is 2.17. The van der Waals surface area contributed by atoms with Crippen LogP contribution in [0.2, 0.25) is 5.02 Å². The van der Waals surface area contributed by atoms with Crippen LogP contribution in [0.25, 0.3) is 0 Å². The molecule has 0 saturated carbocycles. The van der Waals surface area contributed by atoms with Gasteiger partial charge in [-0.3, -0.25) is 0 Å². The maximum atomic E-state index is 13.1. The van der Waals surface area contributed by atoms with Crippen LogP contribution in [-0.2, 0) is 15.6 Å². The van der Waals surface area contributed by atoms with Crippen LogP contribution in [0.5, 0.6) is 0 Å². The molecule has 0 aromatic heterocycles. The van der Waals surface area contributed by atoms with Crippen molar-refractivity contribution in [2.75, 3.05) is 5.75 Å². The number of sulfone groups is 1. The van der Waals surface area contributed by atoms with E-state index in [-0.39, 0.29) is 22.1 Å². The quantitative estimate of drug-likeness (QED) is 0.902. The van der Waals surface area contributed by atoms with Crippen molar-refractivity contribution in [3.63, 3.8) is 0 Å². The number of nitrogens with two attached hydrogens (primary N) is 1. The standard InChI is InChI=1S/C10H13ClFNO2S/c1-7(13)5-16(14,15)6-8-3-2-4-9(12)10(8)11/h2-4,7H,5-6,13H2,1H3. The summed E-state index contributed by atoms with van der Waals surface area (Å²) in [7, 11) is -3.35. The van der Waals surface area contributed by atoms with E-state index in [1.807, 2.05) is 0 Å². The number of hydrogen-bond donors (Lipinski definition) is 1. The molecule has 0 fully saturated rings. The third kappa shape index (κ3) is 3.73. The molecule has 0 aliphatic heterocycles. The van der Waals surface area contributed by atoms with E-state index in [2.05, 4.69) is 0 Å². The van der Waals surface area contributed by atoms with Crippen molar-refractivity contribution < 1.29 is 12.8 Å². The van der Waals surface area contributed by atoms with Gasteiger partial charge in [-0.25, -0.2) is 12.8 Å². The minimum Gasteiger partial charge on any atom is -0.327 e. The summed E-state index contributed by atoms with van der Waals surface area (Å²) < 4.78 is 36.3. The highest BCUT2D eigenvalue weighted by molar-refractivity contribution is 7.90. The van der Waals surface area contributed by atoms with E-state index in [1.165, 1.54) is 18.2 Å². The second kappa shape index (κ2) is 5.12. The van der Waals surface area contributed by atoms with Gasteiger partial charge in [0.05, 0.1) is 16.5 Å². The molecule has 0 amide bonds. The predicted octanol–water partition coefficient (Wildman–Crippen LogP) is 1.74. The van der Waals surface area contributed by atoms with Crippen LogP contribution in [0.1, 0.15) is 12.5 Å². The lowest BCUT2D eigenvalue weighted by molar-refractivity contribution is 0.589. The van der Waals surface area contributed by atoms with Crippen LogP contribution in [0.3, 0.4) is 0 Å². The van der Waals surface area contributed by atoms with Gasteiger partial charge in [-0.1, -0.05) is 23.7 Å². The van der Waals surface area contributed by atoms with Crippen LogP contribution < -0.4 is 5.73 Å². The summed E-state index contributed by atoms with van der Waals surface area (Å²) in [5.41, 5.74) is 5.68. The summed E-state index contributed by atoms with van der Waals surface area (Å²) in [5, 5.41) is -0.143. The molecule has 0 spiro atoms. The molecule has 1 aromatic carbocycles. The second-order valence-electron chi connectivity index (χ2n) is 3.74. The molecule has 6 heteroatoms. The van der Waals surface area contributed by atoms with Gasteiger partial charge >= 0.3 is 0 Å². The van der Waals surface area contributed by atoms with Crippen molar-refractivity contribution in [3.05, 3.63) is 34.6 Å². The molecule has 1 unspecified atom stereocenters. The first kappa shape index (κ1) is 13.4. The third-order valence-electron chi connectivity index (χ3n) is 1.92. The van der Waals surface area contributed by atoms with E-state index in [0.29, 0.717) is 0 Å². The Morgan fingerprint density at radius 1 is 1.50 bits per heavy atom. The Bertz CT molecular complexity index is 474. The van der Waals surface area contributed by atoms with Gasteiger partial charge in [0.25, 0.3) is 0 Å². The molecular formula is C10H13ClFNO2S. The van der Waals surface area contributed by atoms with Gasteiger partial charge in [0.15, 0.2) is 9.84 Å². The highest BCUT2D eigenvalue weighted by atomic mass is 35.5. The molecule has 0 bridgehead atoms. The van der Waals surface area contributed by atoms with Crippen molar-refractivity contribution in [1.29, 1.82) is 0 Å². The highest BCUT2D eigenvalue weighted by Crippen LogP contribution is 2.21. The Morgan fingerprint density at radius 3 is 2.69 bits per heavy atom. The fourth-order valence-electron chi connectivity index (χ4n) is 1.36. The van der Waals surface area contributed by atoms with Gasteiger partial charge in [-0.05, 0) is 18.6 Å². The lowest BCUT2D eigenvalue weighted by Crippen LogP contribution is -2.27. The summed E-state index contributed by atoms with van der Waals surface area (Å²) in [4.78, 5) is 0. The third-order valence-corrected chi connectivity index (χ3v) is 4.13. The molecule has 1 atom stereocenters. The molecule has 0 saturated heterocycles. The first-order valence-electron chi connectivity index (χ1n) is 4.71. The fourth-order valence-corrected chi connectivity index (χ4v) is 3.26. The Balaban J connectivity index is 2.93. The van der Waals surface area contributed by atoms with Crippen molar-refractivity contribution in [2.45, 2.75) is 18.7 Å². The number of benzene rings is 1. The zero-order chi connectivity index (χ0) is 12.3. The van der Waals surface area contributed by atoms with Crippen molar-refractivity contribution >= 4 is 21.4 Å². The predicted molar refractivity (Wildman–Crippen MR) is 62.6 cm³/mol. The van der Waals surface area contributed by atoms with Crippen molar-refractivity contribution in [3.8, 4) is 0 Å². The maximum Gasteiger partial charge on any atom is 0.156 e. The van der Waals surface area contributed by atoms with E-state index in [9.17, 15) is 12.8 Å². The van der Waals surface area contributed by atoms with Gasteiger partial charge in [-0.2, -0.15) is 0 Å². The van der Waals surface area contributed by atoms with Gasteiger partial charge in [0.1, 0.15) is 5.82 Å². The Labute approximate surface area is 99.3 Å². The van der Waals surface area contributed by atoms with Gasteiger partial charge in [-0.15, -0.1) is 0 Å². The van der Waals surface area contributed by atoms with E-state index in [1.54, 1.807) is 6.92 Å². The minimum atomic E-state index is -3.35. The lowest BCUT2D eigenvalue weighted by Gasteiger charge is -2.08. The first-order chi connectivity index (χ1) is 7.32. The number of rotatable bonds is 4. The Morgan fingerprint density at radius 2 is 2.12 bits per heavy atom. The Kier molecular flexibility index (Phi) is 4.29. The fraction of sp³-hybridized carbons (Fsp3) is 0.400. The van der Waals surface area contributed by atoms with E-state index in [4.69, 9.17) is 17.3 Å². The van der Waals surface area contributed by atoms with Gasteiger partial charge in [0.2, 0.25) is 0 Å². The maximum absolute atomic E-state index is 13.1. The topological polar surface area (TPSA) is 60.2 Å². The zero-order valence-electron chi connectivity index (χ0n) is 8.78. The molecule has 1 rings (SSSR count). The van der Waals surface area contributed by atoms with E-state index in [0.717, 1.165) is 0 Å². The van der Waals surface area contributed by atoms with Crippen molar-refractivity contribution in [1.82, 2.24) is 0 Å². The summed E-state index contributed by atoms with van der Waals surface area (Å²) in [6.45, 7) is 1.60. The average Bonchev–Trinajstić information content (AvgIpc) is 2.10. The summed E-state index contributed by atoms with van der Waals surface area (Å²) in [6, 6.07) is 3.66. The molecule has 0 radical (unpaired) electrons. The molecule has 3 nitrogen and oxygen atoms in total. The largest absolute Gasteiger partial charge is 0.327 e. The molecular weight excluding hydrogens is 253 g/mol. The van der Waals surface area contributed by atoms with Crippen LogP contribution in [0.15, 0.2) is 18.2 Å². The molecule has 0 aliphatic carbocycles. The molecule has 0 heterocycles. The zero-order valence-corrected chi connectivity index (χ0v) is 10.4. The normalized spacial score (nSPS) is 13.8. The van der Waals surface area contributed by atoms with Crippen LogP contribution in [-0.4, -0.2) is 20.2 Å². The average molecular weight is 266 g/mol. The Hall–Kier alpha value is -0.650. The SMILES string of the molecule is CC(N)CS(=O)(=O)Cc1cccc(F)c1Cl. The monoisotopic (exact) mass is 265 g/mol. The van der Waals surface area contributed by atoms with Crippen molar-refractivity contribution in [2.24, 2.45) is 5.73 Å². The summed E-state index contributed by atoms with van der Waals surface area (Å²) >= 11 is 5.67. The second-order valence-corrected chi connectivity index (χ2v) is 6.23. The molecule has 1 aromatic rings. The van der Waals surface area contributed by atoms with Gasteiger partial charge < -0.3 is 5.73 Å². The van der Waals surface area contributed by atoms with Crippen LogP contribution >= 0.6 is 11.6 Å². The van der Waals surface area contributed by atoms with E-state index < -0.39 is 21.7 Å². The lowest BCUT2D eigenvalue weighted by atomic mass is 10.2. The minimum absolute atomic E-state index is 0.139. The van der Waals surface area contributed by atoms with E-state index >= 15 is 0 Å². The van der Waals surface area contributed by atoms with Crippen LogP contribution in [0, 0.1) is 5.82 Å². The molecule has 16 heavy (non-hydrogen) atoms. The number of halogens is 2. The molecule has 2 N–H and O–H groups in total. The number of hydrogen-bond acceptors (Lipinski definition) is 3. The molecule has 0 aliphatic rings. The summed E-state index contributed by atoms with van der Waals surface area (Å²) in [5.74, 6) is -1.04. The molecule has 90 valence electrons. The van der Waals surface area contributed by atoms with Gasteiger partial charge in [0, 0.05) is 6.04 Å². The van der Waals surface area contributed by atoms with Crippen LogP contribution in [0.4, 0.5) is 4.39 Å². The first-order valence-corrected chi connectivity index (χ1v) is 6.90. The smallest absolute Gasteiger partial charge is 0.156 e.